The monoisotopic (exact) mass is 432 g/mol. The number of nitrogens with one attached hydrogen (secondary N) is 2. The second kappa shape index (κ2) is 9.45. The van der Waals surface area contributed by atoms with Crippen molar-refractivity contribution in [3.63, 3.8) is 0 Å². The third kappa shape index (κ3) is 4.92. The summed E-state index contributed by atoms with van der Waals surface area (Å²) in [5.41, 5.74) is 4.29. The number of hydrogen-bond acceptors (Lipinski definition) is 5. The molecule has 2 N–H and O–H groups in total. The topological polar surface area (TPSA) is 79.5 Å². The van der Waals surface area contributed by atoms with E-state index in [2.05, 4.69) is 20.8 Å². The van der Waals surface area contributed by atoms with Crippen LogP contribution in [0.2, 0.25) is 5.02 Å². The number of hydrogen-bond donors (Lipinski definition) is 2. The Kier molecular flexibility index (Phi) is 6.29. The lowest BCUT2D eigenvalue weighted by Crippen LogP contribution is -2.22. The fraction of sp³-hybridized carbons (Fsp3) is 0.125. The van der Waals surface area contributed by atoms with E-state index in [-0.39, 0.29) is 5.91 Å². The number of halogens is 1. The molecule has 0 aliphatic carbocycles. The Morgan fingerprint density at radius 2 is 1.97 bits per heavy atom. The van der Waals surface area contributed by atoms with E-state index < -0.39 is 0 Å². The number of rotatable bonds is 7. The molecule has 0 saturated heterocycles. The molecular weight excluding hydrogens is 412 g/mol. The first kappa shape index (κ1) is 20.6. The van der Waals surface area contributed by atoms with Gasteiger partial charge in [0, 0.05) is 25.2 Å². The van der Waals surface area contributed by atoms with Crippen LogP contribution in [0.1, 0.15) is 12.5 Å². The van der Waals surface area contributed by atoms with Crippen molar-refractivity contribution in [2.75, 3.05) is 18.4 Å². The maximum Gasteiger partial charge on any atom is 0.216 e. The van der Waals surface area contributed by atoms with Gasteiger partial charge in [-0.25, -0.2) is 0 Å². The first-order valence-corrected chi connectivity index (χ1v) is 10.2. The lowest BCUT2D eigenvalue weighted by molar-refractivity contribution is -0.118. The zero-order valence-electron chi connectivity index (χ0n) is 16.9. The van der Waals surface area contributed by atoms with Crippen LogP contribution in [0, 0.1) is 0 Å². The molecule has 0 atom stereocenters. The van der Waals surface area contributed by atoms with E-state index in [0.29, 0.717) is 29.5 Å². The van der Waals surface area contributed by atoms with Crippen LogP contribution >= 0.6 is 11.6 Å². The summed E-state index contributed by atoms with van der Waals surface area (Å²) < 4.78 is 5.45. The van der Waals surface area contributed by atoms with Crippen molar-refractivity contribution in [2.45, 2.75) is 6.92 Å². The van der Waals surface area contributed by atoms with E-state index in [4.69, 9.17) is 16.1 Å². The predicted octanol–water partition coefficient (Wildman–Crippen LogP) is 5.45. The van der Waals surface area contributed by atoms with Gasteiger partial charge in [0.2, 0.25) is 5.91 Å². The summed E-state index contributed by atoms with van der Waals surface area (Å²) in [5, 5.41) is 11.6. The quantitative estimate of drug-likeness (QED) is 0.301. The standard InChI is InChI=1S/C24H21ClN4O2/c1-16(30)27-13-12-26-15-17-10-11-22-20(14-17)24(29-31-22)28-21-9-5-8-19(23(21)25)18-6-3-2-4-7-18/h2-11,14-15H,12-13H2,1H3,(H,27,30)(H,28,29). The van der Waals surface area contributed by atoms with E-state index in [9.17, 15) is 4.79 Å². The number of carbonyl (C=O) groups is 1. The van der Waals surface area contributed by atoms with Gasteiger partial charge in [0.15, 0.2) is 11.4 Å². The van der Waals surface area contributed by atoms with Crippen molar-refractivity contribution >= 4 is 46.2 Å². The Labute approximate surface area is 184 Å². The third-order valence-electron chi connectivity index (χ3n) is 4.69. The van der Waals surface area contributed by atoms with Crippen LogP contribution in [0.25, 0.3) is 22.1 Å². The highest BCUT2D eigenvalue weighted by Gasteiger charge is 2.13. The minimum atomic E-state index is -0.0631. The van der Waals surface area contributed by atoms with Crippen molar-refractivity contribution in [3.8, 4) is 11.1 Å². The molecule has 4 rings (SSSR count). The van der Waals surface area contributed by atoms with Gasteiger partial charge in [-0.2, -0.15) is 0 Å². The number of aromatic nitrogens is 1. The highest BCUT2D eigenvalue weighted by Crippen LogP contribution is 2.36. The maximum absolute atomic E-state index is 10.9. The molecule has 4 aromatic rings. The average Bonchev–Trinajstić information content (AvgIpc) is 3.17. The summed E-state index contributed by atoms with van der Waals surface area (Å²) in [5.74, 6) is 0.516. The van der Waals surface area contributed by atoms with Gasteiger partial charge in [-0.1, -0.05) is 59.2 Å². The van der Waals surface area contributed by atoms with E-state index in [0.717, 1.165) is 27.8 Å². The molecule has 0 fully saturated rings. The largest absolute Gasteiger partial charge is 0.354 e. The molecule has 3 aromatic carbocycles. The Morgan fingerprint density at radius 1 is 1.13 bits per heavy atom. The zero-order valence-corrected chi connectivity index (χ0v) is 17.7. The zero-order chi connectivity index (χ0) is 21.6. The molecular formula is C24H21ClN4O2. The summed E-state index contributed by atoms with van der Waals surface area (Å²) in [6, 6.07) is 21.5. The molecule has 6 nitrogen and oxygen atoms in total. The first-order valence-electron chi connectivity index (χ1n) is 9.86. The molecule has 1 aromatic heterocycles. The lowest BCUT2D eigenvalue weighted by Gasteiger charge is -2.10. The molecule has 31 heavy (non-hydrogen) atoms. The average molecular weight is 433 g/mol. The van der Waals surface area contributed by atoms with Crippen LogP contribution in [0.4, 0.5) is 11.5 Å². The van der Waals surface area contributed by atoms with Crippen LogP contribution in [-0.4, -0.2) is 30.4 Å². The van der Waals surface area contributed by atoms with Gasteiger partial charge in [-0.15, -0.1) is 0 Å². The van der Waals surface area contributed by atoms with Gasteiger partial charge in [-0.3, -0.25) is 9.79 Å². The predicted molar refractivity (Wildman–Crippen MR) is 125 cm³/mol. The fourth-order valence-corrected chi connectivity index (χ4v) is 3.47. The van der Waals surface area contributed by atoms with Gasteiger partial charge in [0.25, 0.3) is 0 Å². The smallest absolute Gasteiger partial charge is 0.216 e. The SMILES string of the molecule is CC(=O)NCCN=Cc1ccc2onc(Nc3cccc(-c4ccccc4)c3Cl)c2c1. The van der Waals surface area contributed by atoms with Crippen molar-refractivity contribution in [3.05, 3.63) is 77.3 Å². The van der Waals surface area contributed by atoms with Crippen LogP contribution in [0.3, 0.4) is 0 Å². The van der Waals surface area contributed by atoms with E-state index in [1.807, 2.05) is 66.7 Å². The molecule has 0 bridgehead atoms. The van der Waals surface area contributed by atoms with Crippen molar-refractivity contribution in [1.29, 1.82) is 0 Å². The van der Waals surface area contributed by atoms with Gasteiger partial charge in [0.05, 0.1) is 22.6 Å². The molecule has 0 saturated carbocycles. The van der Waals surface area contributed by atoms with Gasteiger partial charge >= 0.3 is 0 Å². The van der Waals surface area contributed by atoms with Crippen LogP contribution in [0.5, 0.6) is 0 Å². The highest BCUT2D eigenvalue weighted by molar-refractivity contribution is 6.36. The Bertz CT molecular complexity index is 1240. The first-order chi connectivity index (χ1) is 15.1. The number of aliphatic imine (C=N–C) groups is 1. The minimum absolute atomic E-state index is 0.0631. The summed E-state index contributed by atoms with van der Waals surface area (Å²) in [7, 11) is 0. The van der Waals surface area contributed by atoms with Crippen LogP contribution < -0.4 is 10.6 Å². The summed E-state index contributed by atoms with van der Waals surface area (Å²) in [4.78, 5) is 15.3. The van der Waals surface area contributed by atoms with Crippen LogP contribution in [0.15, 0.2) is 76.2 Å². The normalized spacial score (nSPS) is 11.2. The number of anilines is 2. The van der Waals surface area contributed by atoms with Gasteiger partial charge in [-0.05, 0) is 35.4 Å². The summed E-state index contributed by atoms with van der Waals surface area (Å²) in [6.07, 6.45) is 1.76. The molecule has 0 aliphatic heterocycles. The Morgan fingerprint density at radius 3 is 2.77 bits per heavy atom. The Balaban J connectivity index is 1.57. The molecule has 0 spiro atoms. The van der Waals surface area contributed by atoms with Crippen LogP contribution in [-0.2, 0) is 4.79 Å². The fourth-order valence-electron chi connectivity index (χ4n) is 3.19. The lowest BCUT2D eigenvalue weighted by atomic mass is 10.0. The molecule has 1 heterocycles. The highest BCUT2D eigenvalue weighted by atomic mass is 35.5. The molecule has 156 valence electrons. The van der Waals surface area contributed by atoms with E-state index in [1.165, 1.54) is 6.92 Å². The van der Waals surface area contributed by atoms with E-state index >= 15 is 0 Å². The second-order valence-corrected chi connectivity index (χ2v) is 7.34. The second-order valence-electron chi connectivity index (χ2n) is 6.96. The molecule has 1 amide bonds. The van der Waals surface area contributed by atoms with Crippen molar-refractivity contribution in [1.82, 2.24) is 10.5 Å². The van der Waals surface area contributed by atoms with Crippen molar-refractivity contribution in [2.24, 2.45) is 4.99 Å². The molecule has 0 radical (unpaired) electrons. The van der Waals surface area contributed by atoms with E-state index in [1.54, 1.807) is 6.21 Å². The number of amides is 1. The number of nitrogens with zero attached hydrogens (tertiary/aromatic N) is 2. The molecule has 7 heteroatoms. The molecule has 0 unspecified atom stereocenters. The number of carbonyl (C=O) groups excluding carboxylic acids is 1. The van der Waals surface area contributed by atoms with Gasteiger partial charge in [0.1, 0.15) is 0 Å². The summed E-state index contributed by atoms with van der Waals surface area (Å²) in [6.45, 7) is 2.50. The van der Waals surface area contributed by atoms with Gasteiger partial charge < -0.3 is 15.2 Å². The number of benzene rings is 3. The third-order valence-corrected chi connectivity index (χ3v) is 5.09. The minimum Gasteiger partial charge on any atom is -0.354 e. The number of fused-ring (bicyclic) bond motifs is 1. The van der Waals surface area contributed by atoms with Crippen molar-refractivity contribution < 1.29 is 9.32 Å². The molecule has 0 aliphatic rings. The Hall–Kier alpha value is -3.64. The summed E-state index contributed by atoms with van der Waals surface area (Å²) >= 11 is 6.69. The maximum atomic E-state index is 10.9.